The van der Waals surface area contributed by atoms with Crippen molar-refractivity contribution in [3.05, 3.63) is 76.3 Å². The van der Waals surface area contributed by atoms with Gasteiger partial charge in [-0.1, -0.05) is 35.9 Å². The van der Waals surface area contributed by atoms with Crippen molar-refractivity contribution >= 4 is 11.6 Å². The van der Waals surface area contributed by atoms with Crippen LogP contribution in [0.3, 0.4) is 0 Å². The Morgan fingerprint density at radius 1 is 1.16 bits per heavy atom. The SMILES string of the molecule is CC(C)(C)n1nnnc1[C@H](c1ccc(F)cc1)N(Cc1ccc(Cl)cc1)C[C@H]1CCCO1. The van der Waals surface area contributed by atoms with Crippen LogP contribution < -0.4 is 0 Å². The molecule has 6 nitrogen and oxygen atoms in total. The van der Waals surface area contributed by atoms with E-state index in [4.69, 9.17) is 16.3 Å². The number of nitrogens with zero attached hydrogens (tertiary/aromatic N) is 5. The lowest BCUT2D eigenvalue weighted by Gasteiger charge is -2.34. The summed E-state index contributed by atoms with van der Waals surface area (Å²) in [5.41, 5.74) is 1.74. The molecule has 1 saturated heterocycles. The van der Waals surface area contributed by atoms with E-state index in [1.165, 1.54) is 12.1 Å². The van der Waals surface area contributed by atoms with E-state index in [1.54, 1.807) is 0 Å². The molecule has 0 N–H and O–H groups in total. The molecule has 1 aliphatic rings. The molecule has 0 amide bonds. The standard InChI is InChI=1S/C24H29ClFN5O/c1-24(2,3)31-23(27-28-29-31)22(18-8-12-20(26)13-9-18)30(16-21-5-4-14-32-21)15-17-6-10-19(25)11-7-17/h6-13,21-22H,4-5,14-16H2,1-3H3/t21-,22+/m1/s1. The average Bonchev–Trinajstić information content (AvgIpc) is 3.43. The van der Waals surface area contributed by atoms with Gasteiger partial charge in [-0.05, 0) is 79.4 Å². The highest BCUT2D eigenvalue weighted by Crippen LogP contribution is 2.32. The van der Waals surface area contributed by atoms with Gasteiger partial charge in [-0.25, -0.2) is 9.07 Å². The summed E-state index contributed by atoms with van der Waals surface area (Å²) < 4.78 is 21.6. The Morgan fingerprint density at radius 3 is 2.50 bits per heavy atom. The van der Waals surface area contributed by atoms with Gasteiger partial charge in [-0.2, -0.15) is 0 Å². The maximum atomic E-state index is 13.8. The molecule has 1 aromatic heterocycles. The van der Waals surface area contributed by atoms with Gasteiger partial charge >= 0.3 is 0 Å². The third-order valence-corrected chi connectivity index (χ3v) is 5.94. The van der Waals surface area contributed by atoms with Crippen molar-refractivity contribution in [2.24, 2.45) is 0 Å². The van der Waals surface area contributed by atoms with Crippen LogP contribution >= 0.6 is 11.6 Å². The van der Waals surface area contributed by atoms with Crippen molar-refractivity contribution in [1.29, 1.82) is 0 Å². The minimum absolute atomic E-state index is 0.129. The van der Waals surface area contributed by atoms with Crippen LogP contribution in [0.25, 0.3) is 0 Å². The largest absolute Gasteiger partial charge is 0.377 e. The number of hydrogen-bond acceptors (Lipinski definition) is 5. The Kier molecular flexibility index (Phi) is 6.88. The summed E-state index contributed by atoms with van der Waals surface area (Å²) in [4.78, 5) is 2.32. The first-order chi connectivity index (χ1) is 15.3. The molecule has 2 atom stereocenters. The Morgan fingerprint density at radius 2 is 1.88 bits per heavy atom. The molecule has 3 aromatic rings. The van der Waals surface area contributed by atoms with E-state index in [0.717, 1.165) is 36.4 Å². The van der Waals surface area contributed by atoms with E-state index in [0.29, 0.717) is 18.1 Å². The van der Waals surface area contributed by atoms with Crippen LogP contribution in [0.4, 0.5) is 4.39 Å². The highest BCUT2D eigenvalue weighted by Gasteiger charge is 2.33. The number of halogens is 2. The fourth-order valence-corrected chi connectivity index (χ4v) is 4.27. The smallest absolute Gasteiger partial charge is 0.173 e. The van der Waals surface area contributed by atoms with Gasteiger partial charge in [-0.15, -0.1) is 5.10 Å². The predicted molar refractivity (Wildman–Crippen MR) is 122 cm³/mol. The quantitative estimate of drug-likeness (QED) is 0.500. The third kappa shape index (κ3) is 5.34. The minimum Gasteiger partial charge on any atom is -0.377 e. The normalized spacial score (nSPS) is 17.8. The van der Waals surface area contributed by atoms with E-state index < -0.39 is 0 Å². The van der Waals surface area contributed by atoms with Crippen LogP contribution in [-0.2, 0) is 16.8 Å². The molecule has 0 unspecified atom stereocenters. The Bertz CT molecular complexity index is 1010. The molecule has 2 aromatic carbocycles. The number of benzene rings is 2. The van der Waals surface area contributed by atoms with Crippen LogP contribution in [0.5, 0.6) is 0 Å². The van der Waals surface area contributed by atoms with Crippen molar-refractivity contribution in [3.63, 3.8) is 0 Å². The topological polar surface area (TPSA) is 56.1 Å². The summed E-state index contributed by atoms with van der Waals surface area (Å²) in [6.45, 7) is 8.34. The lowest BCUT2D eigenvalue weighted by molar-refractivity contribution is 0.0566. The zero-order valence-electron chi connectivity index (χ0n) is 18.7. The summed E-state index contributed by atoms with van der Waals surface area (Å²) in [6, 6.07) is 14.2. The first-order valence-corrected chi connectivity index (χ1v) is 11.3. The predicted octanol–water partition coefficient (Wildman–Crippen LogP) is 4.99. The summed E-state index contributed by atoms with van der Waals surface area (Å²) >= 11 is 6.11. The molecule has 1 fully saturated rings. The molecule has 0 spiro atoms. The van der Waals surface area contributed by atoms with Crippen molar-refractivity contribution in [3.8, 4) is 0 Å². The summed E-state index contributed by atoms with van der Waals surface area (Å²) in [7, 11) is 0. The van der Waals surface area contributed by atoms with Crippen molar-refractivity contribution in [1.82, 2.24) is 25.1 Å². The van der Waals surface area contributed by atoms with Crippen molar-refractivity contribution in [2.45, 2.75) is 57.8 Å². The van der Waals surface area contributed by atoms with E-state index in [9.17, 15) is 4.39 Å². The Balaban J connectivity index is 1.78. The highest BCUT2D eigenvalue weighted by atomic mass is 35.5. The summed E-state index contributed by atoms with van der Waals surface area (Å²) in [6.07, 6.45) is 2.20. The maximum absolute atomic E-state index is 13.8. The summed E-state index contributed by atoms with van der Waals surface area (Å²) in [5, 5.41) is 13.4. The number of ether oxygens (including phenoxy) is 1. The lowest BCUT2D eigenvalue weighted by Crippen LogP contribution is -2.39. The van der Waals surface area contributed by atoms with Crippen LogP contribution in [0.15, 0.2) is 48.5 Å². The van der Waals surface area contributed by atoms with Crippen LogP contribution in [0.2, 0.25) is 5.02 Å². The van der Waals surface area contributed by atoms with Crippen LogP contribution in [0, 0.1) is 5.82 Å². The molecule has 0 aliphatic carbocycles. The van der Waals surface area contributed by atoms with E-state index >= 15 is 0 Å². The maximum Gasteiger partial charge on any atom is 0.173 e. The van der Waals surface area contributed by atoms with Crippen LogP contribution in [-0.4, -0.2) is 44.4 Å². The fraction of sp³-hybridized carbons (Fsp3) is 0.458. The number of rotatable bonds is 7. The second-order valence-electron chi connectivity index (χ2n) is 9.26. The zero-order chi connectivity index (χ0) is 22.7. The Labute approximate surface area is 193 Å². The molecule has 0 saturated carbocycles. The molecule has 2 heterocycles. The molecule has 0 radical (unpaired) electrons. The highest BCUT2D eigenvalue weighted by molar-refractivity contribution is 6.30. The van der Waals surface area contributed by atoms with Crippen LogP contribution in [0.1, 0.15) is 56.6 Å². The number of tetrazole rings is 1. The lowest BCUT2D eigenvalue weighted by atomic mass is 10.0. The van der Waals surface area contributed by atoms with E-state index in [1.807, 2.05) is 41.1 Å². The fourth-order valence-electron chi connectivity index (χ4n) is 4.15. The van der Waals surface area contributed by atoms with E-state index in [2.05, 4.69) is 41.2 Å². The Hall–Kier alpha value is -2.35. The third-order valence-electron chi connectivity index (χ3n) is 5.69. The van der Waals surface area contributed by atoms with Gasteiger partial charge < -0.3 is 4.74 Å². The van der Waals surface area contributed by atoms with Crippen molar-refractivity contribution in [2.75, 3.05) is 13.2 Å². The first kappa shape index (κ1) is 22.8. The second-order valence-corrected chi connectivity index (χ2v) is 9.70. The zero-order valence-corrected chi connectivity index (χ0v) is 19.5. The second kappa shape index (κ2) is 9.65. The molecule has 4 rings (SSSR count). The van der Waals surface area contributed by atoms with Gasteiger partial charge in [0.2, 0.25) is 0 Å². The van der Waals surface area contributed by atoms with Gasteiger partial charge in [0, 0.05) is 24.7 Å². The molecule has 32 heavy (non-hydrogen) atoms. The van der Waals surface area contributed by atoms with E-state index in [-0.39, 0.29) is 23.5 Å². The number of aromatic nitrogens is 4. The summed E-state index contributed by atoms with van der Waals surface area (Å²) in [5.74, 6) is 0.447. The minimum atomic E-state index is -0.313. The number of hydrogen-bond donors (Lipinski definition) is 0. The monoisotopic (exact) mass is 457 g/mol. The van der Waals surface area contributed by atoms with Crippen molar-refractivity contribution < 1.29 is 9.13 Å². The molecular weight excluding hydrogens is 429 g/mol. The first-order valence-electron chi connectivity index (χ1n) is 11.0. The molecular formula is C24H29ClFN5O. The van der Waals surface area contributed by atoms with Gasteiger partial charge in [-0.3, -0.25) is 4.90 Å². The molecule has 1 aliphatic heterocycles. The molecule has 0 bridgehead atoms. The van der Waals surface area contributed by atoms with Gasteiger partial charge in [0.1, 0.15) is 5.82 Å². The molecule has 170 valence electrons. The van der Waals surface area contributed by atoms with Gasteiger partial charge in [0.25, 0.3) is 0 Å². The van der Waals surface area contributed by atoms with Gasteiger partial charge in [0.05, 0.1) is 17.7 Å². The average molecular weight is 458 g/mol. The van der Waals surface area contributed by atoms with Gasteiger partial charge in [0.15, 0.2) is 5.82 Å². The molecule has 8 heteroatoms.